The van der Waals surface area contributed by atoms with E-state index in [1.54, 1.807) is 36.7 Å². The van der Waals surface area contributed by atoms with Crippen LogP contribution in [0, 0.1) is 0 Å². The largest absolute Gasteiger partial charge is 0.349 e. The van der Waals surface area contributed by atoms with Gasteiger partial charge in [-0.25, -0.2) is 18.1 Å². The molecule has 20 heavy (non-hydrogen) atoms. The predicted octanol–water partition coefficient (Wildman–Crippen LogP) is 2.20. The number of aromatic nitrogens is 2. The van der Waals surface area contributed by atoms with Crippen LogP contribution in [0.4, 0.5) is 0 Å². The summed E-state index contributed by atoms with van der Waals surface area (Å²) in [6.45, 7) is 0.292. The van der Waals surface area contributed by atoms with Gasteiger partial charge < -0.3 is 4.98 Å². The van der Waals surface area contributed by atoms with E-state index in [0.29, 0.717) is 18.0 Å². The highest BCUT2D eigenvalue weighted by Crippen LogP contribution is 2.11. The Morgan fingerprint density at radius 3 is 2.70 bits per heavy atom. The Labute approximate surface area is 122 Å². The normalized spacial score (nSPS) is 12.1. The highest BCUT2D eigenvalue weighted by atomic mass is 35.5. The second kappa shape index (κ2) is 6.69. The van der Waals surface area contributed by atoms with Gasteiger partial charge in [0.2, 0.25) is 10.0 Å². The molecule has 2 rings (SSSR count). The van der Waals surface area contributed by atoms with E-state index in [0.717, 1.165) is 16.8 Å². The fourth-order valence-electron chi connectivity index (χ4n) is 1.54. The quantitative estimate of drug-likeness (QED) is 0.858. The van der Waals surface area contributed by atoms with E-state index in [1.165, 1.54) is 6.08 Å². The third-order valence-electron chi connectivity index (χ3n) is 2.53. The molecule has 106 valence electrons. The van der Waals surface area contributed by atoms with Gasteiger partial charge in [-0.2, -0.15) is 0 Å². The number of nitrogens with zero attached hydrogens (tertiary/aromatic N) is 1. The van der Waals surface area contributed by atoms with Crippen LogP contribution in [-0.2, 0) is 16.4 Å². The number of hydrogen-bond acceptors (Lipinski definition) is 3. The van der Waals surface area contributed by atoms with Gasteiger partial charge in [-0.1, -0.05) is 23.7 Å². The van der Waals surface area contributed by atoms with Crippen molar-refractivity contribution in [2.75, 3.05) is 6.54 Å². The van der Waals surface area contributed by atoms with Gasteiger partial charge in [-0.05, 0) is 23.8 Å². The monoisotopic (exact) mass is 311 g/mol. The Hall–Kier alpha value is -1.63. The summed E-state index contributed by atoms with van der Waals surface area (Å²) in [4.78, 5) is 6.93. The molecule has 0 radical (unpaired) electrons. The van der Waals surface area contributed by atoms with E-state index < -0.39 is 10.0 Å². The smallest absolute Gasteiger partial charge is 0.233 e. The Balaban J connectivity index is 1.88. The maximum Gasteiger partial charge on any atom is 0.233 e. The summed E-state index contributed by atoms with van der Waals surface area (Å²) in [5, 5.41) is 1.75. The van der Waals surface area contributed by atoms with Crippen molar-refractivity contribution in [1.82, 2.24) is 14.7 Å². The zero-order valence-corrected chi connectivity index (χ0v) is 12.2. The third-order valence-corrected chi connectivity index (χ3v) is 3.88. The SMILES string of the molecule is O=S(=O)(/C=C/c1ccc(Cl)cc1)NCCc1ncc[nH]1. The molecule has 0 bridgehead atoms. The first-order chi connectivity index (χ1) is 9.55. The van der Waals surface area contributed by atoms with E-state index in [2.05, 4.69) is 14.7 Å². The van der Waals surface area contributed by atoms with E-state index in [4.69, 9.17) is 11.6 Å². The van der Waals surface area contributed by atoms with Crippen LogP contribution in [0.25, 0.3) is 6.08 Å². The van der Waals surface area contributed by atoms with Crippen molar-refractivity contribution in [1.29, 1.82) is 0 Å². The highest BCUT2D eigenvalue weighted by Gasteiger charge is 2.04. The summed E-state index contributed by atoms with van der Waals surface area (Å²) in [7, 11) is -3.45. The molecule has 0 saturated carbocycles. The number of imidazole rings is 1. The van der Waals surface area contributed by atoms with E-state index in [-0.39, 0.29) is 0 Å². The van der Waals surface area contributed by atoms with Gasteiger partial charge >= 0.3 is 0 Å². The number of nitrogens with one attached hydrogen (secondary N) is 2. The number of rotatable bonds is 6. The van der Waals surface area contributed by atoms with Gasteiger partial charge in [0.25, 0.3) is 0 Å². The lowest BCUT2D eigenvalue weighted by atomic mass is 10.2. The average Bonchev–Trinajstić information content (AvgIpc) is 2.91. The molecular weight excluding hydrogens is 298 g/mol. The van der Waals surface area contributed by atoms with Crippen LogP contribution in [-0.4, -0.2) is 24.9 Å². The molecule has 0 amide bonds. The molecule has 2 aromatic rings. The molecule has 0 aliphatic carbocycles. The van der Waals surface area contributed by atoms with Gasteiger partial charge in [0.1, 0.15) is 5.82 Å². The second-order valence-electron chi connectivity index (χ2n) is 4.08. The van der Waals surface area contributed by atoms with Crippen LogP contribution >= 0.6 is 11.6 Å². The van der Waals surface area contributed by atoms with Crippen molar-refractivity contribution in [3.8, 4) is 0 Å². The molecule has 1 heterocycles. The van der Waals surface area contributed by atoms with Gasteiger partial charge in [0.05, 0.1) is 0 Å². The van der Waals surface area contributed by atoms with E-state index >= 15 is 0 Å². The molecule has 0 atom stereocenters. The summed E-state index contributed by atoms with van der Waals surface area (Å²) < 4.78 is 26.0. The number of sulfonamides is 1. The first-order valence-electron chi connectivity index (χ1n) is 5.97. The van der Waals surface area contributed by atoms with Crippen molar-refractivity contribution in [3.63, 3.8) is 0 Å². The topological polar surface area (TPSA) is 74.8 Å². The average molecular weight is 312 g/mol. The van der Waals surface area contributed by atoms with Gasteiger partial charge in [0, 0.05) is 35.8 Å². The molecule has 0 saturated heterocycles. The second-order valence-corrected chi connectivity index (χ2v) is 6.17. The summed E-state index contributed by atoms with van der Waals surface area (Å²) in [6.07, 6.45) is 5.36. The first kappa shape index (κ1) is 14.8. The number of halogens is 1. The molecule has 2 N–H and O–H groups in total. The lowest BCUT2D eigenvalue weighted by Gasteiger charge is -2.01. The predicted molar refractivity (Wildman–Crippen MR) is 79.7 cm³/mol. The molecule has 5 nitrogen and oxygen atoms in total. The Bertz CT molecular complexity index is 664. The lowest BCUT2D eigenvalue weighted by molar-refractivity contribution is 0.590. The Morgan fingerprint density at radius 2 is 2.05 bits per heavy atom. The number of benzene rings is 1. The molecule has 0 aliphatic rings. The van der Waals surface area contributed by atoms with Crippen molar-refractivity contribution >= 4 is 27.7 Å². The zero-order valence-electron chi connectivity index (χ0n) is 10.6. The Kier molecular flexibility index (Phi) is 4.94. The summed E-state index contributed by atoms with van der Waals surface area (Å²) in [5.41, 5.74) is 0.769. The van der Waals surface area contributed by atoms with E-state index in [1.807, 2.05) is 0 Å². The van der Waals surface area contributed by atoms with Gasteiger partial charge in [-0.3, -0.25) is 0 Å². The maximum absolute atomic E-state index is 11.7. The summed E-state index contributed by atoms with van der Waals surface area (Å²) in [5.74, 6) is 0.745. The van der Waals surface area contributed by atoms with Crippen LogP contribution in [0.2, 0.25) is 5.02 Å². The molecule has 7 heteroatoms. The molecule has 0 aliphatic heterocycles. The maximum atomic E-state index is 11.7. The zero-order chi connectivity index (χ0) is 14.4. The van der Waals surface area contributed by atoms with Gasteiger partial charge in [-0.15, -0.1) is 0 Å². The van der Waals surface area contributed by atoms with Crippen LogP contribution < -0.4 is 4.72 Å². The van der Waals surface area contributed by atoms with Crippen molar-refractivity contribution in [3.05, 3.63) is 58.5 Å². The minimum atomic E-state index is -3.45. The number of aromatic amines is 1. The number of H-pyrrole nitrogens is 1. The molecule has 0 unspecified atom stereocenters. The third kappa shape index (κ3) is 4.80. The standard InChI is InChI=1S/C13H14ClN3O2S/c14-12-3-1-11(2-4-12)6-10-20(18,19)17-7-5-13-15-8-9-16-13/h1-4,6,8-10,17H,5,7H2,(H,15,16)/b10-6+. The van der Waals surface area contributed by atoms with E-state index in [9.17, 15) is 8.42 Å². The van der Waals surface area contributed by atoms with Crippen LogP contribution in [0.15, 0.2) is 42.1 Å². The lowest BCUT2D eigenvalue weighted by Crippen LogP contribution is -2.24. The summed E-state index contributed by atoms with van der Waals surface area (Å²) >= 11 is 5.76. The first-order valence-corrected chi connectivity index (χ1v) is 7.89. The Morgan fingerprint density at radius 1 is 1.30 bits per heavy atom. The molecule has 0 spiro atoms. The van der Waals surface area contributed by atoms with Crippen molar-refractivity contribution in [2.45, 2.75) is 6.42 Å². The minimum absolute atomic E-state index is 0.292. The van der Waals surface area contributed by atoms with Crippen LogP contribution in [0.1, 0.15) is 11.4 Å². The molecule has 1 aromatic heterocycles. The fourth-order valence-corrected chi connectivity index (χ4v) is 2.48. The van der Waals surface area contributed by atoms with Gasteiger partial charge in [0.15, 0.2) is 0 Å². The van der Waals surface area contributed by atoms with Crippen LogP contribution in [0.3, 0.4) is 0 Å². The van der Waals surface area contributed by atoms with Crippen LogP contribution in [0.5, 0.6) is 0 Å². The minimum Gasteiger partial charge on any atom is -0.349 e. The fraction of sp³-hybridized carbons (Fsp3) is 0.154. The van der Waals surface area contributed by atoms with Crippen molar-refractivity contribution in [2.24, 2.45) is 0 Å². The number of hydrogen-bond donors (Lipinski definition) is 2. The molecule has 1 aromatic carbocycles. The molecule has 0 fully saturated rings. The summed E-state index contributed by atoms with van der Waals surface area (Å²) in [6, 6.07) is 6.91. The highest BCUT2D eigenvalue weighted by molar-refractivity contribution is 7.92. The van der Waals surface area contributed by atoms with Crippen molar-refractivity contribution < 1.29 is 8.42 Å². The molecular formula is C13H14ClN3O2S.